The van der Waals surface area contributed by atoms with Crippen molar-refractivity contribution < 1.29 is 9.53 Å². The zero-order chi connectivity index (χ0) is 12.5. The van der Waals surface area contributed by atoms with Gasteiger partial charge in [-0.25, -0.2) is 0 Å². The van der Waals surface area contributed by atoms with E-state index in [1.807, 2.05) is 24.3 Å². The van der Waals surface area contributed by atoms with Gasteiger partial charge >= 0.3 is 0 Å². The van der Waals surface area contributed by atoms with Gasteiger partial charge in [0.2, 0.25) is 5.91 Å². The predicted molar refractivity (Wildman–Crippen MR) is 67.7 cm³/mol. The van der Waals surface area contributed by atoms with Gasteiger partial charge in [-0.2, -0.15) is 0 Å². The quantitative estimate of drug-likeness (QED) is 0.704. The lowest BCUT2D eigenvalue weighted by Gasteiger charge is -2.06. The van der Waals surface area contributed by atoms with Crippen LogP contribution in [0.15, 0.2) is 24.3 Å². The summed E-state index contributed by atoms with van der Waals surface area (Å²) in [6.45, 7) is 1.21. The zero-order valence-corrected chi connectivity index (χ0v) is 10.2. The van der Waals surface area contributed by atoms with E-state index in [1.54, 1.807) is 7.11 Å². The van der Waals surface area contributed by atoms with Crippen LogP contribution in [0.1, 0.15) is 24.8 Å². The number of carbonyl (C=O) groups excluding carboxylic acids is 1. The average Bonchev–Trinajstić information content (AvgIpc) is 2.37. The van der Waals surface area contributed by atoms with Gasteiger partial charge in [0.15, 0.2) is 0 Å². The first kappa shape index (κ1) is 13.5. The van der Waals surface area contributed by atoms with Gasteiger partial charge in [0.25, 0.3) is 0 Å². The Hall–Kier alpha value is -1.55. The third-order valence-electron chi connectivity index (χ3n) is 2.51. The van der Waals surface area contributed by atoms with E-state index in [2.05, 4.69) is 5.32 Å². The van der Waals surface area contributed by atoms with Crippen LogP contribution >= 0.6 is 0 Å². The molecule has 0 unspecified atom stereocenters. The molecule has 17 heavy (non-hydrogen) atoms. The van der Waals surface area contributed by atoms with Crippen LogP contribution in [-0.2, 0) is 11.3 Å². The largest absolute Gasteiger partial charge is 0.497 e. The van der Waals surface area contributed by atoms with Gasteiger partial charge in [0, 0.05) is 13.0 Å². The maximum atomic E-state index is 11.4. The van der Waals surface area contributed by atoms with Crippen LogP contribution in [0.2, 0.25) is 0 Å². The minimum Gasteiger partial charge on any atom is -0.497 e. The molecule has 4 nitrogen and oxygen atoms in total. The summed E-state index contributed by atoms with van der Waals surface area (Å²) in [6.07, 6.45) is 2.30. The van der Waals surface area contributed by atoms with Crippen LogP contribution in [0, 0.1) is 0 Å². The molecule has 94 valence electrons. The highest BCUT2D eigenvalue weighted by molar-refractivity contribution is 5.75. The number of nitrogens with two attached hydrogens (primary N) is 1. The Labute approximate surface area is 102 Å². The smallest absolute Gasteiger partial charge is 0.220 e. The number of unbranched alkanes of at least 4 members (excludes halogenated alkanes) is 1. The molecule has 0 spiro atoms. The third-order valence-corrected chi connectivity index (χ3v) is 2.51. The molecular formula is C13H20N2O2. The van der Waals surface area contributed by atoms with Crippen molar-refractivity contribution in [1.82, 2.24) is 5.32 Å². The molecule has 0 heterocycles. The van der Waals surface area contributed by atoms with E-state index in [0.717, 1.165) is 24.2 Å². The molecule has 0 aromatic heterocycles. The molecular weight excluding hydrogens is 216 g/mol. The number of carbonyl (C=O) groups is 1. The molecule has 0 radical (unpaired) electrons. The minimum absolute atomic E-state index is 0.0780. The number of benzene rings is 1. The second-order valence-electron chi connectivity index (χ2n) is 3.87. The number of ether oxygens (including phenoxy) is 1. The van der Waals surface area contributed by atoms with Crippen molar-refractivity contribution in [2.45, 2.75) is 25.8 Å². The lowest BCUT2D eigenvalue weighted by Crippen LogP contribution is -2.22. The molecule has 0 saturated heterocycles. The van der Waals surface area contributed by atoms with Crippen LogP contribution in [0.5, 0.6) is 5.75 Å². The Morgan fingerprint density at radius 3 is 2.59 bits per heavy atom. The fourth-order valence-corrected chi connectivity index (χ4v) is 1.46. The Balaban J connectivity index is 2.27. The van der Waals surface area contributed by atoms with E-state index in [1.165, 1.54) is 0 Å². The Morgan fingerprint density at radius 2 is 2.00 bits per heavy atom. The first-order valence-electron chi connectivity index (χ1n) is 5.86. The van der Waals surface area contributed by atoms with Gasteiger partial charge in [-0.1, -0.05) is 12.1 Å². The maximum Gasteiger partial charge on any atom is 0.220 e. The standard InChI is InChI=1S/C13H20N2O2/c1-17-12-7-5-11(6-8-12)10-15-13(16)4-2-3-9-14/h5-8H,2-4,9-10,14H2,1H3,(H,15,16). The van der Waals surface area contributed by atoms with Gasteiger partial charge in [-0.05, 0) is 37.1 Å². The molecule has 4 heteroatoms. The van der Waals surface area contributed by atoms with E-state index in [-0.39, 0.29) is 5.91 Å². The van der Waals surface area contributed by atoms with Gasteiger partial charge in [-0.3, -0.25) is 4.79 Å². The molecule has 3 N–H and O–H groups in total. The SMILES string of the molecule is COc1ccc(CNC(=O)CCCCN)cc1. The van der Waals surface area contributed by atoms with Crippen molar-refractivity contribution in [1.29, 1.82) is 0 Å². The summed E-state index contributed by atoms with van der Waals surface area (Å²) in [6, 6.07) is 7.66. The summed E-state index contributed by atoms with van der Waals surface area (Å²) >= 11 is 0. The monoisotopic (exact) mass is 236 g/mol. The van der Waals surface area contributed by atoms with Gasteiger partial charge in [0.05, 0.1) is 7.11 Å². The van der Waals surface area contributed by atoms with Crippen molar-refractivity contribution in [2.24, 2.45) is 5.73 Å². The Bertz CT molecular complexity index is 336. The Kier molecular flexibility index (Phi) is 6.10. The predicted octanol–water partition coefficient (Wildman–Crippen LogP) is 1.44. The molecule has 0 atom stereocenters. The molecule has 0 aliphatic carbocycles. The minimum atomic E-state index is 0.0780. The average molecular weight is 236 g/mol. The first-order chi connectivity index (χ1) is 8.26. The molecule has 1 aromatic rings. The highest BCUT2D eigenvalue weighted by Crippen LogP contribution is 2.10. The van der Waals surface area contributed by atoms with Crippen LogP contribution in [0.25, 0.3) is 0 Å². The fraction of sp³-hybridized carbons (Fsp3) is 0.462. The molecule has 0 fully saturated rings. The van der Waals surface area contributed by atoms with Crippen molar-refractivity contribution in [3.05, 3.63) is 29.8 Å². The van der Waals surface area contributed by atoms with Gasteiger partial charge < -0.3 is 15.8 Å². The first-order valence-corrected chi connectivity index (χ1v) is 5.86. The molecule has 1 aromatic carbocycles. The summed E-state index contributed by atoms with van der Waals surface area (Å²) in [5.74, 6) is 0.900. The van der Waals surface area contributed by atoms with Crippen molar-refractivity contribution in [3.63, 3.8) is 0 Å². The number of nitrogens with one attached hydrogen (secondary N) is 1. The lowest BCUT2D eigenvalue weighted by molar-refractivity contribution is -0.121. The highest BCUT2D eigenvalue weighted by atomic mass is 16.5. The molecule has 0 saturated carbocycles. The number of hydrogen-bond donors (Lipinski definition) is 2. The van der Waals surface area contributed by atoms with Crippen molar-refractivity contribution >= 4 is 5.91 Å². The van der Waals surface area contributed by atoms with Crippen molar-refractivity contribution in [3.8, 4) is 5.75 Å². The molecule has 0 bridgehead atoms. The lowest BCUT2D eigenvalue weighted by atomic mass is 10.2. The summed E-state index contributed by atoms with van der Waals surface area (Å²) < 4.78 is 5.06. The zero-order valence-electron chi connectivity index (χ0n) is 10.2. The topological polar surface area (TPSA) is 64.3 Å². The molecule has 1 amide bonds. The fourth-order valence-electron chi connectivity index (χ4n) is 1.46. The molecule has 0 aliphatic heterocycles. The second-order valence-corrected chi connectivity index (χ2v) is 3.87. The normalized spacial score (nSPS) is 10.0. The highest BCUT2D eigenvalue weighted by Gasteiger charge is 2.00. The molecule has 0 aliphatic rings. The van der Waals surface area contributed by atoms with Gasteiger partial charge in [-0.15, -0.1) is 0 Å². The van der Waals surface area contributed by atoms with E-state index >= 15 is 0 Å². The maximum absolute atomic E-state index is 11.4. The Morgan fingerprint density at radius 1 is 1.29 bits per heavy atom. The van der Waals surface area contributed by atoms with E-state index in [4.69, 9.17) is 10.5 Å². The summed E-state index contributed by atoms with van der Waals surface area (Å²) in [5, 5.41) is 2.87. The summed E-state index contributed by atoms with van der Waals surface area (Å²) in [7, 11) is 1.63. The van der Waals surface area contributed by atoms with E-state index in [9.17, 15) is 4.79 Å². The van der Waals surface area contributed by atoms with Crippen LogP contribution < -0.4 is 15.8 Å². The van der Waals surface area contributed by atoms with E-state index in [0.29, 0.717) is 19.5 Å². The third kappa shape index (κ3) is 5.36. The van der Waals surface area contributed by atoms with E-state index < -0.39 is 0 Å². The number of methoxy groups -OCH3 is 1. The number of rotatable bonds is 7. The van der Waals surface area contributed by atoms with Gasteiger partial charge in [0.1, 0.15) is 5.75 Å². The molecule has 1 rings (SSSR count). The second kappa shape index (κ2) is 7.68. The van der Waals surface area contributed by atoms with Crippen LogP contribution in [0.3, 0.4) is 0 Å². The summed E-state index contributed by atoms with van der Waals surface area (Å²) in [5.41, 5.74) is 6.43. The van der Waals surface area contributed by atoms with Crippen LogP contribution in [0.4, 0.5) is 0 Å². The summed E-state index contributed by atoms with van der Waals surface area (Å²) in [4.78, 5) is 11.4. The van der Waals surface area contributed by atoms with Crippen LogP contribution in [-0.4, -0.2) is 19.6 Å². The number of amides is 1. The van der Waals surface area contributed by atoms with Crippen molar-refractivity contribution in [2.75, 3.05) is 13.7 Å². The number of hydrogen-bond acceptors (Lipinski definition) is 3.